The molecule has 88 valence electrons. The van der Waals surface area contributed by atoms with E-state index in [0.29, 0.717) is 12.8 Å². The third-order valence-corrected chi connectivity index (χ3v) is 5.10. The van der Waals surface area contributed by atoms with E-state index in [9.17, 15) is 13.2 Å². The summed E-state index contributed by atoms with van der Waals surface area (Å²) in [5, 5.41) is 8.18. The molecule has 1 aliphatic rings. The third-order valence-electron chi connectivity index (χ3n) is 2.79. The van der Waals surface area contributed by atoms with Crippen molar-refractivity contribution in [1.29, 1.82) is 0 Å². The first-order valence-electron chi connectivity index (χ1n) is 5.13. The Morgan fingerprint density at radius 3 is 2.33 bits per heavy atom. The maximum Gasteiger partial charge on any atom is 0.321 e. The zero-order valence-electron chi connectivity index (χ0n) is 8.55. The molecule has 0 aromatic heterocycles. The van der Waals surface area contributed by atoms with Crippen molar-refractivity contribution in [2.24, 2.45) is 5.73 Å². The molecule has 0 aromatic rings. The molecule has 0 aliphatic heterocycles. The largest absolute Gasteiger partial charge is 0.480 e. The van der Waals surface area contributed by atoms with Gasteiger partial charge in [-0.15, -0.1) is 0 Å². The number of carboxylic acid groups (broad SMARTS) is 1. The second-order valence-corrected chi connectivity index (χ2v) is 6.36. The van der Waals surface area contributed by atoms with Crippen LogP contribution in [0.15, 0.2) is 0 Å². The highest BCUT2D eigenvalue weighted by Gasteiger charge is 2.30. The number of rotatable bonds is 4. The quantitative estimate of drug-likeness (QED) is 0.722. The predicted octanol–water partition coefficient (Wildman–Crippen LogP) is 0.146. The van der Waals surface area contributed by atoms with Crippen LogP contribution in [0.3, 0.4) is 0 Å². The van der Waals surface area contributed by atoms with Crippen molar-refractivity contribution in [3.05, 3.63) is 0 Å². The predicted molar refractivity (Wildman–Crippen MR) is 56.3 cm³/mol. The van der Waals surface area contributed by atoms with Gasteiger partial charge in [-0.3, -0.25) is 4.79 Å². The number of aliphatic carboxylic acids is 1. The van der Waals surface area contributed by atoms with Crippen LogP contribution in [0.2, 0.25) is 0 Å². The normalized spacial score (nSPS) is 21.1. The summed E-state index contributed by atoms with van der Waals surface area (Å²) in [6, 6.07) is -1.29. The second-order valence-electron chi connectivity index (χ2n) is 4.03. The van der Waals surface area contributed by atoms with Crippen molar-refractivity contribution in [2.45, 2.75) is 43.4 Å². The van der Waals surface area contributed by atoms with E-state index < -0.39 is 27.6 Å². The molecule has 5 nitrogen and oxygen atoms in total. The van der Waals surface area contributed by atoms with Crippen LogP contribution in [0.1, 0.15) is 32.1 Å². The zero-order valence-corrected chi connectivity index (χ0v) is 9.37. The number of sulfone groups is 1. The summed E-state index contributed by atoms with van der Waals surface area (Å²) in [5.41, 5.74) is 5.23. The molecule has 0 heterocycles. The smallest absolute Gasteiger partial charge is 0.321 e. The summed E-state index contributed by atoms with van der Waals surface area (Å²) in [5.74, 6) is -1.69. The van der Waals surface area contributed by atoms with Crippen LogP contribution in [0.5, 0.6) is 0 Å². The van der Waals surface area contributed by atoms with E-state index in [-0.39, 0.29) is 5.25 Å². The topological polar surface area (TPSA) is 97.5 Å². The molecule has 1 saturated carbocycles. The Hall–Kier alpha value is -0.620. The molecule has 0 saturated heterocycles. The van der Waals surface area contributed by atoms with Crippen molar-refractivity contribution < 1.29 is 18.3 Å². The van der Waals surface area contributed by atoms with E-state index in [0.717, 1.165) is 19.3 Å². The van der Waals surface area contributed by atoms with Crippen LogP contribution in [0.4, 0.5) is 0 Å². The summed E-state index contributed by atoms with van der Waals surface area (Å²) in [6.07, 6.45) is 4.18. The lowest BCUT2D eigenvalue weighted by Crippen LogP contribution is -2.40. The van der Waals surface area contributed by atoms with Crippen molar-refractivity contribution in [3.63, 3.8) is 0 Å². The SMILES string of the molecule is NC(CS(=O)(=O)C1CCCCC1)C(=O)O. The van der Waals surface area contributed by atoms with Crippen molar-refractivity contribution >= 4 is 15.8 Å². The van der Waals surface area contributed by atoms with E-state index in [1.54, 1.807) is 0 Å². The van der Waals surface area contributed by atoms with Gasteiger partial charge in [-0.1, -0.05) is 19.3 Å². The summed E-state index contributed by atoms with van der Waals surface area (Å²) < 4.78 is 23.5. The van der Waals surface area contributed by atoms with E-state index in [1.165, 1.54) is 0 Å². The minimum atomic E-state index is -3.33. The van der Waals surface area contributed by atoms with Gasteiger partial charge in [0.25, 0.3) is 0 Å². The van der Waals surface area contributed by atoms with Gasteiger partial charge in [-0.2, -0.15) is 0 Å². The fourth-order valence-electron chi connectivity index (χ4n) is 1.88. The van der Waals surface area contributed by atoms with Crippen molar-refractivity contribution in [1.82, 2.24) is 0 Å². The van der Waals surface area contributed by atoms with Gasteiger partial charge in [0.2, 0.25) is 0 Å². The molecule has 0 amide bonds. The highest BCUT2D eigenvalue weighted by molar-refractivity contribution is 7.92. The Labute approximate surface area is 89.6 Å². The Morgan fingerprint density at radius 1 is 1.33 bits per heavy atom. The molecule has 0 aromatic carbocycles. The molecule has 1 rings (SSSR count). The Kier molecular flexibility index (Phi) is 4.10. The highest BCUT2D eigenvalue weighted by Crippen LogP contribution is 2.24. The molecule has 3 N–H and O–H groups in total. The maximum absolute atomic E-state index is 11.8. The van der Waals surface area contributed by atoms with Gasteiger partial charge in [0.1, 0.15) is 6.04 Å². The number of carboxylic acids is 1. The molecule has 0 spiro atoms. The summed E-state index contributed by atoms with van der Waals surface area (Å²) in [6.45, 7) is 0. The molecule has 0 bridgehead atoms. The van der Waals surface area contributed by atoms with Crippen LogP contribution < -0.4 is 5.73 Å². The summed E-state index contributed by atoms with van der Waals surface area (Å²) >= 11 is 0. The van der Waals surface area contributed by atoms with Crippen molar-refractivity contribution in [3.8, 4) is 0 Å². The monoisotopic (exact) mass is 235 g/mol. The lowest BCUT2D eigenvalue weighted by Gasteiger charge is -2.22. The van der Waals surface area contributed by atoms with Crippen LogP contribution in [-0.4, -0.2) is 36.5 Å². The van der Waals surface area contributed by atoms with E-state index in [1.807, 2.05) is 0 Å². The van der Waals surface area contributed by atoms with E-state index in [4.69, 9.17) is 10.8 Å². The first-order chi connectivity index (χ1) is 6.93. The van der Waals surface area contributed by atoms with Crippen LogP contribution in [-0.2, 0) is 14.6 Å². The van der Waals surface area contributed by atoms with Gasteiger partial charge in [0, 0.05) is 0 Å². The average Bonchev–Trinajstić information content (AvgIpc) is 2.18. The molecular formula is C9H17NO4S. The molecule has 1 fully saturated rings. The first-order valence-corrected chi connectivity index (χ1v) is 6.85. The van der Waals surface area contributed by atoms with Gasteiger partial charge in [-0.25, -0.2) is 8.42 Å². The molecule has 15 heavy (non-hydrogen) atoms. The number of hydrogen-bond acceptors (Lipinski definition) is 4. The second kappa shape index (κ2) is 4.94. The fourth-order valence-corrected chi connectivity index (χ4v) is 3.85. The number of hydrogen-bond donors (Lipinski definition) is 2. The number of nitrogens with two attached hydrogens (primary N) is 1. The van der Waals surface area contributed by atoms with E-state index in [2.05, 4.69) is 0 Å². The minimum Gasteiger partial charge on any atom is -0.480 e. The molecule has 6 heteroatoms. The fraction of sp³-hybridized carbons (Fsp3) is 0.889. The highest BCUT2D eigenvalue weighted by atomic mass is 32.2. The molecule has 0 radical (unpaired) electrons. The summed E-state index contributed by atoms with van der Waals surface area (Å²) in [4.78, 5) is 10.5. The van der Waals surface area contributed by atoms with Crippen LogP contribution in [0.25, 0.3) is 0 Å². The van der Waals surface area contributed by atoms with Crippen molar-refractivity contribution in [2.75, 3.05) is 5.75 Å². The maximum atomic E-state index is 11.8. The number of carbonyl (C=O) groups is 1. The van der Waals surface area contributed by atoms with Gasteiger partial charge in [0.05, 0.1) is 11.0 Å². The van der Waals surface area contributed by atoms with E-state index >= 15 is 0 Å². The first kappa shape index (κ1) is 12.4. The van der Waals surface area contributed by atoms with Gasteiger partial charge >= 0.3 is 5.97 Å². The minimum absolute atomic E-state index is 0.378. The molecular weight excluding hydrogens is 218 g/mol. The standard InChI is InChI=1S/C9H17NO4S/c10-8(9(11)12)6-15(13,14)7-4-2-1-3-5-7/h7-8H,1-6,10H2,(H,11,12). The van der Waals surface area contributed by atoms with Crippen LogP contribution >= 0.6 is 0 Å². The lowest BCUT2D eigenvalue weighted by atomic mass is 10.0. The van der Waals surface area contributed by atoms with Gasteiger partial charge < -0.3 is 10.8 Å². The van der Waals surface area contributed by atoms with Gasteiger partial charge in [-0.05, 0) is 12.8 Å². The lowest BCUT2D eigenvalue weighted by molar-refractivity contribution is -0.137. The molecule has 1 unspecified atom stereocenters. The molecule has 1 atom stereocenters. The van der Waals surface area contributed by atoms with Gasteiger partial charge in [0.15, 0.2) is 9.84 Å². The third kappa shape index (κ3) is 3.46. The average molecular weight is 235 g/mol. The Balaban J connectivity index is 2.61. The molecule has 1 aliphatic carbocycles. The Morgan fingerprint density at radius 2 is 1.87 bits per heavy atom. The van der Waals surface area contributed by atoms with Crippen LogP contribution in [0, 0.1) is 0 Å². The summed E-state index contributed by atoms with van der Waals surface area (Å²) in [7, 11) is -3.33. The Bertz CT molecular complexity index is 319. The zero-order chi connectivity index (χ0) is 11.5.